The molecular formula is C8H9N3O5. The lowest BCUT2D eigenvalue weighted by atomic mass is 10.2. The van der Waals surface area contributed by atoms with Gasteiger partial charge in [-0.15, -0.1) is 0 Å². The zero-order chi connectivity index (χ0) is 12.1. The van der Waals surface area contributed by atoms with Gasteiger partial charge < -0.3 is 15.5 Å². The SMILES string of the molecule is O=C(O)CC(NC(=O)c1cn[nH]c1)C(=O)O. The van der Waals surface area contributed by atoms with Gasteiger partial charge in [0.1, 0.15) is 6.04 Å². The van der Waals surface area contributed by atoms with Crippen molar-refractivity contribution < 1.29 is 24.6 Å². The minimum Gasteiger partial charge on any atom is -0.481 e. The first-order chi connectivity index (χ1) is 7.50. The van der Waals surface area contributed by atoms with Gasteiger partial charge in [0.15, 0.2) is 0 Å². The van der Waals surface area contributed by atoms with E-state index in [1.165, 1.54) is 12.4 Å². The molecule has 1 aromatic heterocycles. The highest BCUT2D eigenvalue weighted by Crippen LogP contribution is 1.98. The summed E-state index contributed by atoms with van der Waals surface area (Å²) in [6.07, 6.45) is 1.79. The Bertz CT molecular complexity index is 400. The summed E-state index contributed by atoms with van der Waals surface area (Å²) in [6, 6.07) is -1.46. The predicted octanol–water partition coefficient (Wildman–Crippen LogP) is -0.933. The van der Waals surface area contributed by atoms with E-state index >= 15 is 0 Å². The van der Waals surface area contributed by atoms with Crippen LogP contribution in [0.25, 0.3) is 0 Å². The van der Waals surface area contributed by atoms with E-state index in [0.717, 1.165) is 0 Å². The molecule has 4 N–H and O–H groups in total. The Kier molecular flexibility index (Phi) is 3.59. The molecule has 1 heterocycles. The Hall–Kier alpha value is -2.38. The molecule has 16 heavy (non-hydrogen) atoms. The lowest BCUT2D eigenvalue weighted by molar-refractivity contribution is -0.145. The lowest BCUT2D eigenvalue weighted by Gasteiger charge is -2.10. The van der Waals surface area contributed by atoms with Crippen LogP contribution in [0.5, 0.6) is 0 Å². The molecule has 1 atom stereocenters. The molecule has 0 radical (unpaired) electrons. The number of hydrogen-bond donors (Lipinski definition) is 4. The second-order valence-electron chi connectivity index (χ2n) is 2.95. The van der Waals surface area contributed by atoms with Crippen molar-refractivity contribution in [3.8, 4) is 0 Å². The molecular weight excluding hydrogens is 218 g/mol. The molecule has 0 aliphatic heterocycles. The number of nitrogens with one attached hydrogen (secondary N) is 2. The van der Waals surface area contributed by atoms with Crippen LogP contribution in [0.1, 0.15) is 16.8 Å². The average molecular weight is 227 g/mol. The van der Waals surface area contributed by atoms with Gasteiger partial charge in [0.25, 0.3) is 5.91 Å². The normalized spacial score (nSPS) is 11.8. The van der Waals surface area contributed by atoms with Gasteiger partial charge in [-0.25, -0.2) is 4.79 Å². The predicted molar refractivity (Wildman–Crippen MR) is 49.7 cm³/mol. The van der Waals surface area contributed by atoms with Gasteiger partial charge in [0.2, 0.25) is 0 Å². The third-order valence-corrected chi connectivity index (χ3v) is 1.74. The number of carbonyl (C=O) groups is 3. The van der Waals surface area contributed by atoms with Crippen molar-refractivity contribution >= 4 is 17.8 Å². The number of H-pyrrole nitrogens is 1. The first kappa shape index (κ1) is 11.7. The van der Waals surface area contributed by atoms with E-state index in [-0.39, 0.29) is 5.56 Å². The summed E-state index contributed by atoms with van der Waals surface area (Å²) >= 11 is 0. The Labute approximate surface area is 89.3 Å². The highest BCUT2D eigenvalue weighted by molar-refractivity contribution is 5.96. The average Bonchev–Trinajstić information content (AvgIpc) is 2.68. The molecule has 1 amide bonds. The Morgan fingerprint density at radius 1 is 1.44 bits per heavy atom. The van der Waals surface area contributed by atoms with Gasteiger partial charge in [-0.05, 0) is 0 Å². The number of carboxylic acid groups (broad SMARTS) is 2. The fourth-order valence-electron chi connectivity index (χ4n) is 0.991. The van der Waals surface area contributed by atoms with Crippen molar-refractivity contribution in [1.82, 2.24) is 15.5 Å². The van der Waals surface area contributed by atoms with E-state index in [2.05, 4.69) is 15.5 Å². The van der Waals surface area contributed by atoms with Crippen LogP contribution >= 0.6 is 0 Å². The summed E-state index contributed by atoms with van der Waals surface area (Å²) in [5, 5.41) is 25.1. The van der Waals surface area contributed by atoms with Crippen LogP contribution in [-0.4, -0.2) is 44.3 Å². The largest absolute Gasteiger partial charge is 0.481 e. The molecule has 0 fully saturated rings. The van der Waals surface area contributed by atoms with Crippen molar-refractivity contribution in [1.29, 1.82) is 0 Å². The molecule has 0 aliphatic carbocycles. The summed E-state index contributed by atoms with van der Waals surface area (Å²) in [5.41, 5.74) is 0.136. The second kappa shape index (κ2) is 4.91. The fraction of sp³-hybridized carbons (Fsp3) is 0.250. The Morgan fingerprint density at radius 3 is 2.56 bits per heavy atom. The number of aromatic amines is 1. The van der Waals surface area contributed by atoms with Gasteiger partial charge in [0.05, 0.1) is 18.2 Å². The third-order valence-electron chi connectivity index (χ3n) is 1.74. The van der Waals surface area contributed by atoms with Crippen molar-refractivity contribution in [3.05, 3.63) is 18.0 Å². The molecule has 1 aromatic rings. The number of nitrogens with zero attached hydrogens (tertiary/aromatic N) is 1. The summed E-state index contributed by atoms with van der Waals surface area (Å²) < 4.78 is 0. The zero-order valence-corrected chi connectivity index (χ0v) is 8.01. The summed E-state index contributed by atoms with van der Waals surface area (Å²) in [5.74, 6) is -3.40. The van der Waals surface area contributed by atoms with E-state index < -0.39 is 30.3 Å². The maximum atomic E-state index is 11.4. The highest BCUT2D eigenvalue weighted by atomic mass is 16.4. The number of hydrogen-bond acceptors (Lipinski definition) is 4. The fourth-order valence-corrected chi connectivity index (χ4v) is 0.991. The lowest BCUT2D eigenvalue weighted by Crippen LogP contribution is -2.42. The number of carbonyl (C=O) groups excluding carboxylic acids is 1. The topological polar surface area (TPSA) is 132 Å². The maximum absolute atomic E-state index is 11.4. The van der Waals surface area contributed by atoms with Crippen LogP contribution in [-0.2, 0) is 9.59 Å². The van der Waals surface area contributed by atoms with Crippen molar-refractivity contribution in [2.45, 2.75) is 12.5 Å². The molecule has 0 saturated carbocycles. The van der Waals surface area contributed by atoms with Crippen LogP contribution in [0.4, 0.5) is 0 Å². The molecule has 0 spiro atoms. The maximum Gasteiger partial charge on any atom is 0.326 e. The number of amides is 1. The molecule has 86 valence electrons. The summed E-state index contributed by atoms with van der Waals surface area (Å²) in [4.78, 5) is 32.4. The zero-order valence-electron chi connectivity index (χ0n) is 8.01. The monoisotopic (exact) mass is 227 g/mol. The number of aromatic nitrogens is 2. The van der Waals surface area contributed by atoms with Crippen molar-refractivity contribution in [2.75, 3.05) is 0 Å². The summed E-state index contributed by atoms with van der Waals surface area (Å²) in [6.45, 7) is 0. The first-order valence-corrected chi connectivity index (χ1v) is 4.25. The van der Waals surface area contributed by atoms with E-state index in [1.807, 2.05) is 0 Å². The van der Waals surface area contributed by atoms with Crippen molar-refractivity contribution in [3.63, 3.8) is 0 Å². The van der Waals surface area contributed by atoms with Crippen LogP contribution < -0.4 is 5.32 Å². The van der Waals surface area contributed by atoms with Gasteiger partial charge in [-0.1, -0.05) is 0 Å². The smallest absolute Gasteiger partial charge is 0.326 e. The van der Waals surface area contributed by atoms with Crippen molar-refractivity contribution in [2.24, 2.45) is 0 Å². The molecule has 0 saturated heterocycles. The van der Waals surface area contributed by atoms with Gasteiger partial charge >= 0.3 is 11.9 Å². The number of rotatable bonds is 5. The third kappa shape index (κ3) is 3.08. The van der Waals surface area contributed by atoms with E-state index in [1.54, 1.807) is 0 Å². The minimum atomic E-state index is -1.46. The molecule has 0 aliphatic rings. The molecule has 1 unspecified atom stereocenters. The van der Waals surface area contributed by atoms with Gasteiger partial charge in [-0.2, -0.15) is 5.10 Å². The Morgan fingerprint density at radius 2 is 2.12 bits per heavy atom. The number of aliphatic carboxylic acids is 2. The first-order valence-electron chi connectivity index (χ1n) is 4.25. The van der Waals surface area contributed by atoms with Crippen LogP contribution in [0.2, 0.25) is 0 Å². The quantitative estimate of drug-likeness (QED) is 0.513. The summed E-state index contributed by atoms with van der Waals surface area (Å²) in [7, 11) is 0. The van der Waals surface area contributed by atoms with Crippen LogP contribution in [0, 0.1) is 0 Å². The van der Waals surface area contributed by atoms with Gasteiger partial charge in [-0.3, -0.25) is 14.7 Å². The van der Waals surface area contributed by atoms with Crippen LogP contribution in [0.3, 0.4) is 0 Å². The van der Waals surface area contributed by atoms with Gasteiger partial charge in [0, 0.05) is 6.20 Å². The Balaban J connectivity index is 2.65. The highest BCUT2D eigenvalue weighted by Gasteiger charge is 2.23. The van der Waals surface area contributed by atoms with Crippen LogP contribution in [0.15, 0.2) is 12.4 Å². The molecule has 8 nitrogen and oxygen atoms in total. The minimum absolute atomic E-state index is 0.136. The van der Waals surface area contributed by atoms with E-state index in [9.17, 15) is 14.4 Å². The molecule has 1 rings (SSSR count). The molecule has 8 heteroatoms. The number of carboxylic acids is 2. The molecule has 0 bridgehead atoms. The van der Waals surface area contributed by atoms with E-state index in [0.29, 0.717) is 0 Å². The second-order valence-corrected chi connectivity index (χ2v) is 2.95. The molecule has 0 aromatic carbocycles. The van der Waals surface area contributed by atoms with E-state index in [4.69, 9.17) is 10.2 Å². The standard InChI is InChI=1S/C8H9N3O5/c12-6(13)1-5(8(15)16)11-7(14)4-2-9-10-3-4/h2-3,5H,1H2,(H,9,10)(H,11,14)(H,12,13)(H,15,16).